The molecule has 3 atom stereocenters. The monoisotopic (exact) mass is 356 g/mol. The molecule has 1 fully saturated rings. The van der Waals surface area contributed by atoms with Crippen molar-refractivity contribution >= 4 is 29.1 Å². The van der Waals surface area contributed by atoms with Gasteiger partial charge < -0.3 is 10.6 Å². The Morgan fingerprint density at radius 3 is 2.83 bits per heavy atom. The Hall–Kier alpha value is -0.770. The molecule has 1 amide bonds. The zero-order valence-electron chi connectivity index (χ0n) is 13.9. The summed E-state index contributed by atoms with van der Waals surface area (Å²) in [6.07, 6.45) is 3.73. The van der Waals surface area contributed by atoms with Gasteiger partial charge in [-0.2, -0.15) is 0 Å². The van der Waals surface area contributed by atoms with Gasteiger partial charge >= 0.3 is 0 Å². The van der Waals surface area contributed by atoms with Crippen molar-refractivity contribution in [2.45, 2.75) is 45.6 Å². The Kier molecular flexibility index (Phi) is 7.19. The molecule has 1 aliphatic heterocycles. The number of hydrogen-bond donors (Lipinski definition) is 2. The second-order valence-corrected chi connectivity index (χ2v) is 7.54. The lowest BCUT2D eigenvalue weighted by Gasteiger charge is -2.28. The fourth-order valence-corrected chi connectivity index (χ4v) is 3.71. The first kappa shape index (κ1) is 18.6. The van der Waals surface area contributed by atoms with Crippen molar-refractivity contribution in [3.63, 3.8) is 0 Å². The van der Waals surface area contributed by atoms with Crippen LogP contribution in [0, 0.1) is 11.8 Å². The minimum Gasteiger partial charge on any atom is -0.353 e. The topological polar surface area (TPSA) is 41.1 Å². The maximum absolute atomic E-state index is 12.3. The number of rotatable bonds is 6. The highest BCUT2D eigenvalue weighted by atomic mass is 35.5. The minimum absolute atomic E-state index is 0.0536. The third-order valence-electron chi connectivity index (χ3n) is 4.60. The lowest BCUT2D eigenvalue weighted by Crippen LogP contribution is -2.38. The number of halogens is 2. The van der Waals surface area contributed by atoms with Gasteiger partial charge in [0.05, 0.1) is 0 Å². The van der Waals surface area contributed by atoms with E-state index in [-0.39, 0.29) is 11.9 Å². The summed E-state index contributed by atoms with van der Waals surface area (Å²) in [5, 5.41) is 7.79. The van der Waals surface area contributed by atoms with Crippen LogP contribution in [0.5, 0.6) is 0 Å². The number of carbonyl (C=O) groups is 1. The molecule has 2 N–H and O–H groups in total. The summed E-state index contributed by atoms with van der Waals surface area (Å²) in [5.74, 6) is 1.14. The zero-order valence-corrected chi connectivity index (χ0v) is 15.4. The summed E-state index contributed by atoms with van der Waals surface area (Å²) in [4.78, 5) is 12.3. The Bertz CT molecular complexity index is 530. The lowest BCUT2D eigenvalue weighted by atomic mass is 9.85. The number of nitrogens with one attached hydrogen (secondary N) is 2. The number of benzene rings is 1. The number of carbonyl (C=O) groups excluding carboxylic acids is 1. The van der Waals surface area contributed by atoms with Gasteiger partial charge in [0.25, 0.3) is 0 Å². The quantitative estimate of drug-likeness (QED) is 0.806. The highest BCUT2D eigenvalue weighted by molar-refractivity contribution is 6.35. The van der Waals surface area contributed by atoms with Crippen LogP contribution in [-0.2, 0) is 11.2 Å². The van der Waals surface area contributed by atoms with Crippen LogP contribution in [0.3, 0.4) is 0 Å². The normalized spacial score (nSPS) is 20.8. The fourth-order valence-electron chi connectivity index (χ4n) is 3.23. The minimum atomic E-state index is 0.0536. The van der Waals surface area contributed by atoms with E-state index in [0.29, 0.717) is 34.7 Å². The molecule has 0 bridgehead atoms. The molecule has 0 saturated carbocycles. The number of piperidine rings is 1. The maximum Gasteiger partial charge on any atom is 0.220 e. The van der Waals surface area contributed by atoms with Crippen LogP contribution in [0.15, 0.2) is 18.2 Å². The molecule has 1 aromatic rings. The molecular formula is C18H26Cl2N2O. The van der Waals surface area contributed by atoms with Crippen molar-refractivity contribution in [3.05, 3.63) is 33.8 Å². The highest BCUT2D eigenvalue weighted by Crippen LogP contribution is 2.23. The van der Waals surface area contributed by atoms with Crippen LogP contribution in [0.1, 0.15) is 38.7 Å². The van der Waals surface area contributed by atoms with E-state index in [4.69, 9.17) is 23.2 Å². The zero-order chi connectivity index (χ0) is 16.8. The van der Waals surface area contributed by atoms with Crippen molar-refractivity contribution in [3.8, 4) is 0 Å². The van der Waals surface area contributed by atoms with E-state index in [1.54, 1.807) is 6.07 Å². The third kappa shape index (κ3) is 5.98. The van der Waals surface area contributed by atoms with Gasteiger partial charge in [-0.05, 0) is 68.8 Å². The average Bonchev–Trinajstić information content (AvgIpc) is 2.50. The predicted molar refractivity (Wildman–Crippen MR) is 97.1 cm³/mol. The van der Waals surface area contributed by atoms with Gasteiger partial charge in [0, 0.05) is 22.5 Å². The molecule has 1 heterocycles. The van der Waals surface area contributed by atoms with Gasteiger partial charge in [-0.3, -0.25) is 4.79 Å². The lowest BCUT2D eigenvalue weighted by molar-refractivity contribution is -0.122. The first-order valence-electron chi connectivity index (χ1n) is 8.39. The van der Waals surface area contributed by atoms with E-state index in [1.807, 2.05) is 19.1 Å². The molecule has 0 spiro atoms. The molecule has 0 aliphatic carbocycles. The maximum atomic E-state index is 12.3. The van der Waals surface area contributed by atoms with Crippen molar-refractivity contribution in [2.75, 3.05) is 13.1 Å². The Balaban J connectivity index is 1.79. The van der Waals surface area contributed by atoms with Crippen LogP contribution >= 0.6 is 23.2 Å². The highest BCUT2D eigenvalue weighted by Gasteiger charge is 2.22. The first-order chi connectivity index (χ1) is 11.0. The Labute approximate surface area is 149 Å². The number of amides is 1. The summed E-state index contributed by atoms with van der Waals surface area (Å²) in [7, 11) is 0. The summed E-state index contributed by atoms with van der Waals surface area (Å²) < 4.78 is 0. The van der Waals surface area contributed by atoms with Crippen LogP contribution < -0.4 is 10.6 Å². The van der Waals surface area contributed by atoms with E-state index >= 15 is 0 Å². The molecule has 5 heteroatoms. The molecule has 0 aromatic heterocycles. The smallest absolute Gasteiger partial charge is 0.220 e. The first-order valence-corrected chi connectivity index (χ1v) is 9.15. The summed E-state index contributed by atoms with van der Waals surface area (Å²) >= 11 is 12.1. The molecular weight excluding hydrogens is 331 g/mol. The molecule has 23 heavy (non-hydrogen) atoms. The van der Waals surface area contributed by atoms with Gasteiger partial charge in [0.2, 0.25) is 5.91 Å². The molecule has 1 saturated heterocycles. The molecule has 1 aliphatic rings. The van der Waals surface area contributed by atoms with Crippen LogP contribution in [0.2, 0.25) is 10.0 Å². The molecule has 128 valence electrons. The van der Waals surface area contributed by atoms with E-state index in [1.165, 1.54) is 12.8 Å². The van der Waals surface area contributed by atoms with Crippen molar-refractivity contribution in [2.24, 2.45) is 11.8 Å². The summed E-state index contributed by atoms with van der Waals surface area (Å²) in [6, 6.07) is 5.54. The van der Waals surface area contributed by atoms with Gasteiger partial charge in [0.1, 0.15) is 0 Å². The SMILES string of the molecule is CC(Cc1ccc(Cl)cc1Cl)NC(=O)CC(C)C1CCCNC1. The second kappa shape index (κ2) is 8.91. The van der Waals surface area contributed by atoms with E-state index in [9.17, 15) is 4.79 Å². The summed E-state index contributed by atoms with van der Waals surface area (Å²) in [6.45, 7) is 6.33. The Morgan fingerprint density at radius 1 is 1.39 bits per heavy atom. The molecule has 3 nitrogen and oxygen atoms in total. The van der Waals surface area contributed by atoms with Crippen molar-refractivity contribution < 1.29 is 4.79 Å². The second-order valence-electron chi connectivity index (χ2n) is 6.70. The van der Waals surface area contributed by atoms with Crippen LogP contribution in [-0.4, -0.2) is 25.0 Å². The molecule has 3 unspecified atom stereocenters. The number of hydrogen-bond acceptors (Lipinski definition) is 2. The van der Waals surface area contributed by atoms with Gasteiger partial charge in [-0.25, -0.2) is 0 Å². The molecule has 1 aromatic carbocycles. The average molecular weight is 357 g/mol. The van der Waals surface area contributed by atoms with E-state index < -0.39 is 0 Å². The van der Waals surface area contributed by atoms with Gasteiger partial charge in [0.15, 0.2) is 0 Å². The van der Waals surface area contributed by atoms with Crippen LogP contribution in [0.4, 0.5) is 0 Å². The van der Waals surface area contributed by atoms with Crippen LogP contribution in [0.25, 0.3) is 0 Å². The van der Waals surface area contributed by atoms with Gasteiger partial charge in [-0.15, -0.1) is 0 Å². The molecule has 0 radical (unpaired) electrons. The third-order valence-corrected chi connectivity index (χ3v) is 5.18. The van der Waals surface area contributed by atoms with Gasteiger partial charge in [-0.1, -0.05) is 36.2 Å². The van der Waals surface area contributed by atoms with E-state index in [0.717, 1.165) is 18.7 Å². The standard InChI is InChI=1S/C18H26Cl2N2O/c1-12(15-4-3-7-21-11-15)8-18(23)22-13(2)9-14-5-6-16(19)10-17(14)20/h5-6,10,12-13,15,21H,3-4,7-9,11H2,1-2H3,(H,22,23). The molecule has 2 rings (SSSR count). The van der Waals surface area contributed by atoms with Crippen molar-refractivity contribution in [1.82, 2.24) is 10.6 Å². The summed E-state index contributed by atoms with van der Waals surface area (Å²) in [5.41, 5.74) is 1.01. The van der Waals surface area contributed by atoms with Crippen molar-refractivity contribution in [1.29, 1.82) is 0 Å². The van der Waals surface area contributed by atoms with E-state index in [2.05, 4.69) is 17.6 Å². The largest absolute Gasteiger partial charge is 0.353 e. The fraction of sp³-hybridized carbons (Fsp3) is 0.611. The predicted octanol–water partition coefficient (Wildman–Crippen LogP) is 4.07. The Morgan fingerprint density at radius 2 is 2.17 bits per heavy atom.